The minimum Gasteiger partial charge on any atom is -0.449 e. The third-order valence-electron chi connectivity index (χ3n) is 4.49. The van der Waals surface area contributed by atoms with Crippen LogP contribution in [0.4, 0.5) is 11.5 Å². The minimum absolute atomic E-state index is 0.0283. The third-order valence-corrected chi connectivity index (χ3v) is 4.79. The molecule has 2 N–H and O–H groups in total. The van der Waals surface area contributed by atoms with Gasteiger partial charge in [0.2, 0.25) is 5.91 Å². The maximum atomic E-state index is 12.6. The molecule has 2 amide bonds. The SMILES string of the molecule is Cc1c(C(=O)Nc2ccc(N3CCNC(=O)C3)nc2)oc2c(Cl)cccc12. The maximum Gasteiger partial charge on any atom is 0.291 e. The Bertz CT molecular complexity index is 1030. The molecule has 0 aliphatic carbocycles. The number of pyridine rings is 1. The summed E-state index contributed by atoms with van der Waals surface area (Å²) in [5, 5.41) is 6.83. The summed E-state index contributed by atoms with van der Waals surface area (Å²) in [6.07, 6.45) is 1.56. The fourth-order valence-corrected chi connectivity index (χ4v) is 3.31. The van der Waals surface area contributed by atoms with Crippen molar-refractivity contribution in [1.82, 2.24) is 10.3 Å². The molecule has 0 spiro atoms. The van der Waals surface area contributed by atoms with Crippen molar-refractivity contribution in [3.05, 3.63) is 52.9 Å². The molecule has 0 unspecified atom stereocenters. The number of carbonyl (C=O) groups is 2. The predicted molar refractivity (Wildman–Crippen MR) is 103 cm³/mol. The van der Waals surface area contributed by atoms with Gasteiger partial charge in [-0.3, -0.25) is 9.59 Å². The molecule has 0 saturated carbocycles. The molecule has 3 aromatic rings. The normalized spacial score (nSPS) is 14.3. The summed E-state index contributed by atoms with van der Waals surface area (Å²) >= 11 is 6.14. The van der Waals surface area contributed by atoms with Gasteiger partial charge in [-0.25, -0.2) is 4.98 Å². The van der Waals surface area contributed by atoms with Crippen molar-refractivity contribution in [3.63, 3.8) is 0 Å². The first-order valence-electron chi connectivity index (χ1n) is 8.49. The predicted octanol–water partition coefficient (Wildman–Crippen LogP) is 2.98. The topological polar surface area (TPSA) is 87.5 Å². The molecular weight excluding hydrogens is 368 g/mol. The van der Waals surface area contributed by atoms with Gasteiger partial charge in [0.1, 0.15) is 5.82 Å². The number of nitrogens with one attached hydrogen (secondary N) is 2. The van der Waals surface area contributed by atoms with E-state index in [4.69, 9.17) is 16.0 Å². The summed E-state index contributed by atoms with van der Waals surface area (Å²) in [6.45, 7) is 3.38. The lowest BCUT2D eigenvalue weighted by atomic mass is 10.1. The van der Waals surface area contributed by atoms with E-state index in [0.29, 0.717) is 35.2 Å². The van der Waals surface area contributed by atoms with Crippen LogP contribution in [0.5, 0.6) is 0 Å². The number of aromatic nitrogens is 1. The van der Waals surface area contributed by atoms with E-state index in [1.807, 2.05) is 24.0 Å². The molecule has 1 aromatic carbocycles. The summed E-state index contributed by atoms with van der Waals surface area (Å²) < 4.78 is 5.68. The van der Waals surface area contributed by atoms with Crippen LogP contribution >= 0.6 is 11.6 Å². The summed E-state index contributed by atoms with van der Waals surface area (Å²) in [5.41, 5.74) is 1.77. The highest BCUT2D eigenvalue weighted by molar-refractivity contribution is 6.35. The highest BCUT2D eigenvalue weighted by atomic mass is 35.5. The molecule has 0 radical (unpaired) electrons. The van der Waals surface area contributed by atoms with Gasteiger partial charge in [0.05, 0.1) is 23.5 Å². The van der Waals surface area contributed by atoms with Crippen LogP contribution in [0.2, 0.25) is 5.02 Å². The van der Waals surface area contributed by atoms with Crippen molar-refractivity contribution >= 4 is 45.9 Å². The number of piperazine rings is 1. The number of nitrogens with zero attached hydrogens (tertiary/aromatic N) is 2. The van der Waals surface area contributed by atoms with Crippen molar-refractivity contribution in [1.29, 1.82) is 0 Å². The number of hydrogen-bond acceptors (Lipinski definition) is 5. The number of hydrogen-bond donors (Lipinski definition) is 2. The van der Waals surface area contributed by atoms with Crippen molar-refractivity contribution < 1.29 is 14.0 Å². The maximum absolute atomic E-state index is 12.6. The first-order valence-corrected chi connectivity index (χ1v) is 8.87. The van der Waals surface area contributed by atoms with Crippen molar-refractivity contribution in [2.45, 2.75) is 6.92 Å². The molecule has 0 bridgehead atoms. The van der Waals surface area contributed by atoms with Gasteiger partial charge in [-0.05, 0) is 25.1 Å². The number of fused-ring (bicyclic) bond motifs is 1. The molecule has 7 nitrogen and oxygen atoms in total. The standard InChI is InChI=1S/C19H17ClN4O3/c1-11-13-3-2-4-14(20)18(13)27-17(11)19(26)23-12-5-6-15(22-9-12)24-8-7-21-16(25)10-24/h2-6,9H,7-8,10H2,1H3,(H,21,25)(H,23,26). The Kier molecular flexibility index (Phi) is 4.45. The number of rotatable bonds is 3. The van der Waals surface area contributed by atoms with Crippen LogP contribution in [-0.2, 0) is 4.79 Å². The monoisotopic (exact) mass is 384 g/mol. The molecule has 4 rings (SSSR count). The second-order valence-corrected chi connectivity index (χ2v) is 6.71. The second-order valence-electron chi connectivity index (χ2n) is 6.30. The number of carbonyl (C=O) groups excluding carboxylic acids is 2. The Labute approximate surface area is 160 Å². The zero-order chi connectivity index (χ0) is 19.0. The van der Waals surface area contributed by atoms with Gasteiger partial charge in [0, 0.05) is 24.0 Å². The lowest BCUT2D eigenvalue weighted by Gasteiger charge is -2.27. The van der Waals surface area contributed by atoms with Gasteiger partial charge in [-0.15, -0.1) is 0 Å². The first kappa shape index (κ1) is 17.4. The average molecular weight is 385 g/mol. The number of para-hydroxylation sites is 1. The first-order chi connectivity index (χ1) is 13.0. The van der Waals surface area contributed by atoms with E-state index in [1.165, 1.54) is 0 Å². The quantitative estimate of drug-likeness (QED) is 0.724. The molecule has 1 saturated heterocycles. The van der Waals surface area contributed by atoms with Crippen LogP contribution in [0.15, 0.2) is 40.9 Å². The van der Waals surface area contributed by atoms with Crippen molar-refractivity contribution in [3.8, 4) is 0 Å². The summed E-state index contributed by atoms with van der Waals surface area (Å²) in [5.74, 6) is 0.510. The van der Waals surface area contributed by atoms with E-state index < -0.39 is 0 Å². The molecule has 0 atom stereocenters. The van der Waals surface area contributed by atoms with E-state index >= 15 is 0 Å². The van der Waals surface area contributed by atoms with Crippen LogP contribution in [0.1, 0.15) is 16.1 Å². The third kappa shape index (κ3) is 3.33. The van der Waals surface area contributed by atoms with Gasteiger partial charge >= 0.3 is 0 Å². The van der Waals surface area contributed by atoms with Crippen LogP contribution < -0.4 is 15.5 Å². The van der Waals surface area contributed by atoms with Gasteiger partial charge in [0.15, 0.2) is 11.3 Å². The van der Waals surface area contributed by atoms with Gasteiger partial charge in [-0.1, -0.05) is 23.7 Å². The van der Waals surface area contributed by atoms with E-state index in [2.05, 4.69) is 15.6 Å². The van der Waals surface area contributed by atoms with E-state index in [-0.39, 0.29) is 24.1 Å². The fraction of sp³-hybridized carbons (Fsp3) is 0.211. The summed E-state index contributed by atoms with van der Waals surface area (Å²) in [6, 6.07) is 8.92. The van der Waals surface area contributed by atoms with Crippen LogP contribution in [0.3, 0.4) is 0 Å². The van der Waals surface area contributed by atoms with Gasteiger partial charge < -0.3 is 20.0 Å². The number of aryl methyl sites for hydroxylation is 1. The Balaban J connectivity index is 1.52. The molecule has 1 aliphatic rings. The lowest BCUT2D eigenvalue weighted by Crippen LogP contribution is -2.48. The summed E-state index contributed by atoms with van der Waals surface area (Å²) in [7, 11) is 0. The molecule has 3 heterocycles. The second kappa shape index (κ2) is 6.92. The number of benzene rings is 1. The Morgan fingerprint density at radius 1 is 1.33 bits per heavy atom. The van der Waals surface area contributed by atoms with Gasteiger partial charge in [-0.2, -0.15) is 0 Å². The molecule has 8 heteroatoms. The molecule has 1 aliphatic heterocycles. The highest BCUT2D eigenvalue weighted by Crippen LogP contribution is 2.31. The Morgan fingerprint density at radius 3 is 2.89 bits per heavy atom. The Morgan fingerprint density at radius 2 is 2.19 bits per heavy atom. The molecule has 1 fully saturated rings. The zero-order valence-corrected chi connectivity index (χ0v) is 15.3. The lowest BCUT2D eigenvalue weighted by molar-refractivity contribution is -0.120. The Hall–Kier alpha value is -3.06. The zero-order valence-electron chi connectivity index (χ0n) is 14.6. The number of anilines is 2. The van der Waals surface area contributed by atoms with Crippen LogP contribution in [0.25, 0.3) is 11.0 Å². The highest BCUT2D eigenvalue weighted by Gasteiger charge is 2.20. The van der Waals surface area contributed by atoms with Crippen molar-refractivity contribution in [2.24, 2.45) is 0 Å². The van der Waals surface area contributed by atoms with Gasteiger partial charge in [0.25, 0.3) is 5.91 Å². The molecule has 2 aromatic heterocycles. The summed E-state index contributed by atoms with van der Waals surface area (Å²) in [4.78, 5) is 30.3. The largest absolute Gasteiger partial charge is 0.449 e. The number of furan rings is 1. The van der Waals surface area contributed by atoms with Crippen LogP contribution in [0, 0.1) is 6.92 Å². The van der Waals surface area contributed by atoms with Crippen LogP contribution in [-0.4, -0.2) is 36.4 Å². The minimum atomic E-state index is -0.369. The van der Waals surface area contributed by atoms with E-state index in [9.17, 15) is 9.59 Å². The molecular formula is C19H17ClN4O3. The fourth-order valence-electron chi connectivity index (χ4n) is 3.09. The van der Waals surface area contributed by atoms with Crippen molar-refractivity contribution in [2.75, 3.05) is 29.9 Å². The smallest absolute Gasteiger partial charge is 0.291 e. The molecule has 138 valence electrons. The number of halogens is 1. The van der Waals surface area contributed by atoms with E-state index in [0.717, 1.165) is 10.9 Å². The molecule has 27 heavy (non-hydrogen) atoms. The average Bonchev–Trinajstić information content (AvgIpc) is 3.01. The number of amides is 2. The van der Waals surface area contributed by atoms with E-state index in [1.54, 1.807) is 24.4 Å².